The van der Waals surface area contributed by atoms with Gasteiger partial charge in [0.25, 0.3) is 0 Å². The van der Waals surface area contributed by atoms with Crippen LogP contribution in [0.1, 0.15) is 69.8 Å². The van der Waals surface area contributed by atoms with Gasteiger partial charge >= 0.3 is 6.09 Å². The van der Waals surface area contributed by atoms with Crippen molar-refractivity contribution in [2.24, 2.45) is 0 Å². The Bertz CT molecular complexity index is 2220. The molecule has 4 saturated heterocycles. The first kappa shape index (κ1) is 78.1. The highest BCUT2D eigenvalue weighted by Crippen LogP contribution is 2.26. The van der Waals surface area contributed by atoms with Gasteiger partial charge < -0.3 is 150 Å². The number of nitrogens with one attached hydrogen (secondary N) is 3. The van der Waals surface area contributed by atoms with E-state index in [0.29, 0.717) is 44.1 Å². The van der Waals surface area contributed by atoms with Crippen molar-refractivity contribution in [2.75, 3.05) is 92.1 Å². The molecule has 5 rings (SSSR count). The Morgan fingerprint density at radius 3 is 1.13 bits per heavy atom. The molecule has 1 aromatic rings. The Kier molecular flexibility index (Phi) is 34.6. The van der Waals surface area contributed by atoms with Gasteiger partial charge in [0.15, 0.2) is 25.2 Å². The molecule has 0 aromatic heterocycles. The Morgan fingerprint density at radius 1 is 0.435 bits per heavy atom. The molecule has 0 radical (unpaired) electrons. The van der Waals surface area contributed by atoms with Crippen molar-refractivity contribution >= 4 is 29.7 Å². The van der Waals surface area contributed by atoms with Crippen molar-refractivity contribution in [3.8, 4) is 0 Å². The molecule has 0 saturated carbocycles. The summed E-state index contributed by atoms with van der Waals surface area (Å²) in [6.07, 6.45) is -30.2. The number of carbonyl (C=O) groups excluding carboxylic acids is 5. The fourth-order valence-corrected chi connectivity index (χ4v) is 10.2. The lowest BCUT2D eigenvalue weighted by Crippen LogP contribution is -2.59. The molecule has 0 bridgehead atoms. The zero-order valence-corrected chi connectivity index (χ0v) is 51.0. The van der Waals surface area contributed by atoms with Crippen LogP contribution in [0.5, 0.6) is 0 Å². The van der Waals surface area contributed by atoms with E-state index in [1.165, 1.54) is 9.80 Å². The average Bonchev–Trinajstić information content (AvgIpc) is 3.12. The van der Waals surface area contributed by atoms with Crippen molar-refractivity contribution < 1.29 is 148 Å². The van der Waals surface area contributed by atoms with E-state index < -0.39 is 185 Å². The zero-order chi connectivity index (χ0) is 67.4. The van der Waals surface area contributed by atoms with E-state index in [2.05, 4.69) is 16.0 Å². The van der Waals surface area contributed by atoms with Gasteiger partial charge in [-0.15, -0.1) is 0 Å². The van der Waals surface area contributed by atoms with Gasteiger partial charge in [-0.1, -0.05) is 43.2 Å². The normalized spacial score (nSPS) is 31.9. The van der Waals surface area contributed by atoms with Crippen LogP contribution in [0, 0.1) is 0 Å². The second-order valence-corrected chi connectivity index (χ2v) is 22.6. The van der Waals surface area contributed by atoms with Crippen molar-refractivity contribution in [3.05, 3.63) is 35.9 Å². The summed E-state index contributed by atoms with van der Waals surface area (Å²) in [7, 11) is 0. The van der Waals surface area contributed by atoms with Crippen molar-refractivity contribution in [3.63, 3.8) is 0 Å². The van der Waals surface area contributed by atoms with Crippen LogP contribution < -0.4 is 16.0 Å². The average molecular weight is 1330 g/mol. The van der Waals surface area contributed by atoms with Gasteiger partial charge in [-0.2, -0.15) is 0 Å². The lowest BCUT2D eigenvalue weighted by molar-refractivity contribution is -0.303. The largest absolute Gasteiger partial charge is 0.445 e. The fourth-order valence-electron chi connectivity index (χ4n) is 10.2. The maximum absolute atomic E-state index is 13.6. The molecule has 4 heterocycles. The number of ether oxygens (including phenoxy) is 9. The van der Waals surface area contributed by atoms with E-state index in [0.717, 1.165) is 0 Å². The molecule has 21 atom stereocenters. The monoisotopic (exact) mass is 1330 g/mol. The summed E-state index contributed by atoms with van der Waals surface area (Å²) in [5, 5.41) is 169. The van der Waals surface area contributed by atoms with Crippen LogP contribution >= 0.6 is 0 Å². The van der Waals surface area contributed by atoms with Gasteiger partial charge in [0, 0.05) is 58.5 Å². The first-order chi connectivity index (χ1) is 44.0. The number of carbonyl (C=O) groups is 5. The number of hydrogen-bond acceptors (Lipinski definition) is 30. The summed E-state index contributed by atoms with van der Waals surface area (Å²) < 4.78 is 49.2. The smallest absolute Gasteiger partial charge is 0.408 e. The molecule has 5 amide bonds. The molecule has 92 heavy (non-hydrogen) atoms. The van der Waals surface area contributed by atoms with E-state index >= 15 is 0 Å². The van der Waals surface area contributed by atoms with E-state index in [-0.39, 0.29) is 98.0 Å². The minimum absolute atomic E-state index is 0.0156. The summed E-state index contributed by atoms with van der Waals surface area (Å²) in [6.45, 7) is -4.33. The topological polar surface area (TPSA) is 535 Å². The SMILES string of the molecule is O=C(CC[C@H](NC(=O)OCc1ccccc1)C(=O)NCCCCCC(=O)N(CCO[C@H]1O[C@H](CO)[C@@H](O)[C@H](O)[C@@H]1O)CCO[C@H]1O[C@H](CO)[C@@H](O)[C@H](O)[C@@H]1O)NCCCCCC(=O)N(CCO[C@H]1O[C@H](CO)[C@@H](O)[C@H](O)[C@@H]1O)CCO[C@H]1O[C@H](CO)[C@@H](O)[C@H](O)[C@@H]1O. The number of alkyl carbamates (subject to hydrolysis) is 1. The van der Waals surface area contributed by atoms with Crippen molar-refractivity contribution in [1.29, 1.82) is 0 Å². The zero-order valence-electron chi connectivity index (χ0n) is 51.0. The molecular formula is C57H95N5O30. The van der Waals surface area contributed by atoms with Gasteiger partial charge in [-0.3, -0.25) is 19.2 Å². The third kappa shape index (κ3) is 23.9. The molecule has 0 spiro atoms. The number of aliphatic hydroxyl groups is 16. The minimum atomic E-state index is -1.72. The van der Waals surface area contributed by atoms with Crippen LogP contribution in [0.3, 0.4) is 0 Å². The maximum atomic E-state index is 13.6. The fraction of sp³-hybridized carbons (Fsp3) is 0.807. The molecule has 35 heteroatoms. The number of nitrogens with zero attached hydrogens (tertiary/aromatic N) is 2. The van der Waals surface area contributed by atoms with Gasteiger partial charge in [0.05, 0.1) is 52.9 Å². The van der Waals surface area contributed by atoms with Crippen LogP contribution in [-0.4, -0.2) is 342 Å². The molecule has 19 N–H and O–H groups in total. The summed E-state index contributed by atoms with van der Waals surface area (Å²) in [4.78, 5) is 69.4. The van der Waals surface area contributed by atoms with Crippen LogP contribution in [0.25, 0.3) is 0 Å². The number of aliphatic hydroxyl groups excluding tert-OH is 16. The lowest BCUT2D eigenvalue weighted by Gasteiger charge is -2.40. The first-order valence-electron chi connectivity index (χ1n) is 30.8. The second-order valence-electron chi connectivity index (χ2n) is 22.6. The number of amides is 5. The molecule has 0 unspecified atom stereocenters. The maximum Gasteiger partial charge on any atom is 0.408 e. The molecule has 1 aromatic carbocycles. The summed E-state index contributed by atoms with van der Waals surface area (Å²) >= 11 is 0. The molecule has 4 aliphatic heterocycles. The molecular weight excluding hydrogens is 1230 g/mol. The summed E-state index contributed by atoms with van der Waals surface area (Å²) in [5.41, 5.74) is 0.675. The standard InChI is InChI=1S/C57H95N5O30/c63-26-33-40(70)44(74)48(78)53(89-33)84-22-18-61(19-23-85-54-49(79)45(75)41(71)34(27-64)90-54)38(68)12-6-2-8-16-58-37(67)15-14-32(60-57(83)88-30-31-10-4-1-5-11-31)52(82)59-17-9-3-7-13-39(69)62(20-24-86-55-50(80)46(76)42(72)35(28-65)91-55)21-25-87-56-51(81)47(77)43(73)36(29-66)92-56/h1,4-5,10-11,32-36,40-51,53-56,63-66,70-81H,2-3,6-9,12-30H2,(H,58,67)(H,59,82)(H,60,83)/t32-,33+,34+,35+,36+,40+,41+,42+,43+,44-,45-,46-,47-,48-,49-,50-,51-,53-,54-,55-,56-/m0/s1. The third-order valence-electron chi connectivity index (χ3n) is 15.9. The van der Waals surface area contributed by atoms with Crippen LogP contribution in [0.2, 0.25) is 0 Å². The highest BCUT2D eigenvalue weighted by Gasteiger charge is 2.47. The van der Waals surface area contributed by atoms with E-state index in [1.807, 2.05) is 0 Å². The number of hydrogen-bond donors (Lipinski definition) is 19. The Hall–Kier alpha value is -4.59. The quantitative estimate of drug-likeness (QED) is 0.0272. The van der Waals surface area contributed by atoms with Crippen LogP contribution in [0.15, 0.2) is 30.3 Å². The predicted molar refractivity (Wildman–Crippen MR) is 308 cm³/mol. The van der Waals surface area contributed by atoms with Gasteiger partial charge in [-0.05, 0) is 37.7 Å². The number of benzene rings is 1. The van der Waals surface area contributed by atoms with E-state index in [1.54, 1.807) is 30.3 Å². The molecule has 4 fully saturated rings. The number of unbranched alkanes of at least 4 members (excludes halogenated alkanes) is 4. The van der Waals surface area contributed by atoms with Crippen molar-refractivity contribution in [1.82, 2.24) is 25.8 Å². The first-order valence-corrected chi connectivity index (χ1v) is 30.8. The molecule has 35 nitrogen and oxygen atoms in total. The van der Waals surface area contributed by atoms with Gasteiger partial charge in [0.2, 0.25) is 23.6 Å². The molecule has 4 aliphatic rings. The predicted octanol–water partition coefficient (Wildman–Crippen LogP) is -8.66. The third-order valence-corrected chi connectivity index (χ3v) is 15.9. The second kappa shape index (κ2) is 40.7. The van der Waals surface area contributed by atoms with E-state index in [4.69, 9.17) is 42.6 Å². The summed E-state index contributed by atoms with van der Waals surface area (Å²) in [5.74, 6) is -1.91. The highest BCUT2D eigenvalue weighted by molar-refractivity contribution is 5.86. The summed E-state index contributed by atoms with van der Waals surface area (Å²) in [6, 6.07) is 7.52. The van der Waals surface area contributed by atoms with Crippen LogP contribution in [-0.2, 0) is 68.4 Å². The minimum Gasteiger partial charge on any atom is -0.445 e. The lowest BCUT2D eigenvalue weighted by atomic mass is 9.99. The van der Waals surface area contributed by atoms with Gasteiger partial charge in [0.1, 0.15) is 110 Å². The number of rotatable bonds is 39. The molecule has 528 valence electrons. The van der Waals surface area contributed by atoms with Gasteiger partial charge in [-0.25, -0.2) is 4.79 Å². The van der Waals surface area contributed by atoms with E-state index in [9.17, 15) is 106 Å². The molecule has 0 aliphatic carbocycles. The Labute approximate surface area is 530 Å². The highest BCUT2D eigenvalue weighted by atomic mass is 16.7. The Morgan fingerprint density at radius 2 is 0.783 bits per heavy atom. The van der Waals surface area contributed by atoms with Crippen LogP contribution in [0.4, 0.5) is 4.79 Å². The van der Waals surface area contributed by atoms with Crippen molar-refractivity contribution in [2.45, 2.75) is 200 Å². The Balaban J connectivity index is 1.08.